The predicted molar refractivity (Wildman–Crippen MR) is 73.1 cm³/mol. The summed E-state index contributed by atoms with van der Waals surface area (Å²) in [6.45, 7) is 7.19. The van der Waals surface area contributed by atoms with Crippen LogP contribution in [0.25, 0.3) is 0 Å². The van der Waals surface area contributed by atoms with Crippen LogP contribution < -0.4 is 20.5 Å². The van der Waals surface area contributed by atoms with E-state index in [1.54, 1.807) is 13.2 Å². The first-order valence-corrected chi connectivity index (χ1v) is 6.24. The van der Waals surface area contributed by atoms with E-state index >= 15 is 0 Å². The van der Waals surface area contributed by atoms with Crippen LogP contribution in [0.5, 0.6) is 11.5 Å². The lowest BCUT2D eigenvalue weighted by Gasteiger charge is -2.17. The Balaban J connectivity index is 2.75. The van der Waals surface area contributed by atoms with E-state index in [1.807, 2.05) is 12.1 Å². The molecule has 0 aliphatic carbocycles. The fraction of sp³-hybridized carbons (Fsp3) is 0.500. The second-order valence-electron chi connectivity index (χ2n) is 5.51. The molecule has 4 N–H and O–H groups in total. The summed E-state index contributed by atoms with van der Waals surface area (Å²) in [7, 11) is 1.57. The van der Waals surface area contributed by atoms with Crippen molar-refractivity contribution in [3.63, 3.8) is 0 Å². The Bertz CT molecular complexity index is 439. The summed E-state index contributed by atoms with van der Waals surface area (Å²) in [6.07, 6.45) is 0. The summed E-state index contributed by atoms with van der Waals surface area (Å²) in [6, 6.07) is 5.67. The average molecular weight is 267 g/mol. The highest BCUT2D eigenvalue weighted by atomic mass is 16.5. The summed E-state index contributed by atoms with van der Waals surface area (Å²) in [5.41, 5.74) is 6.36. The first-order chi connectivity index (χ1) is 8.81. The van der Waals surface area contributed by atoms with E-state index < -0.39 is 5.91 Å². The number of carbonyl (C=O) groups is 1. The molecule has 19 heavy (non-hydrogen) atoms. The Morgan fingerprint density at radius 3 is 2.53 bits per heavy atom. The number of nitrogens with two attached hydrogens (primary N) is 2. The number of rotatable bonds is 6. The van der Waals surface area contributed by atoms with Crippen molar-refractivity contribution in [3.8, 4) is 11.5 Å². The van der Waals surface area contributed by atoms with Gasteiger partial charge in [0.15, 0.2) is 18.1 Å². The number of quaternary nitrogens is 1. The molecule has 5 heteroatoms. The molecular formula is C14H23N2O3+. The average Bonchev–Trinajstić information content (AvgIpc) is 2.33. The fourth-order valence-electron chi connectivity index (χ4n) is 1.53. The monoisotopic (exact) mass is 267 g/mol. The summed E-state index contributed by atoms with van der Waals surface area (Å²) in [5.74, 6) is 0.633. The van der Waals surface area contributed by atoms with Gasteiger partial charge in [-0.25, -0.2) is 0 Å². The normalized spacial score (nSPS) is 11.2. The third kappa shape index (κ3) is 5.61. The Hall–Kier alpha value is -1.75. The molecule has 1 aromatic rings. The molecule has 0 radical (unpaired) electrons. The van der Waals surface area contributed by atoms with E-state index in [2.05, 4.69) is 26.1 Å². The largest absolute Gasteiger partial charge is 0.493 e. The number of methoxy groups -OCH3 is 1. The Kier molecular flexibility index (Phi) is 5.18. The molecule has 5 nitrogen and oxygen atoms in total. The zero-order valence-electron chi connectivity index (χ0n) is 12.0. The van der Waals surface area contributed by atoms with Crippen LogP contribution in [0.1, 0.15) is 26.3 Å². The van der Waals surface area contributed by atoms with Crippen LogP contribution >= 0.6 is 0 Å². The number of carbonyl (C=O) groups excluding carboxylic acids is 1. The number of benzene rings is 1. The third-order valence-corrected chi connectivity index (χ3v) is 2.55. The van der Waals surface area contributed by atoms with Gasteiger partial charge in [0, 0.05) is 5.56 Å². The molecule has 0 aromatic heterocycles. The predicted octanol–water partition coefficient (Wildman–Crippen LogP) is 0.421. The molecule has 1 amide bonds. The molecule has 1 rings (SSSR count). The Morgan fingerprint density at radius 1 is 1.32 bits per heavy atom. The van der Waals surface area contributed by atoms with Gasteiger partial charge in [-0.2, -0.15) is 0 Å². The summed E-state index contributed by atoms with van der Waals surface area (Å²) in [4.78, 5) is 10.7. The number of hydrogen-bond acceptors (Lipinski definition) is 3. The zero-order valence-corrected chi connectivity index (χ0v) is 12.0. The number of ether oxygens (including phenoxy) is 2. The Labute approximate surface area is 114 Å². The van der Waals surface area contributed by atoms with Gasteiger partial charge in [-0.3, -0.25) is 4.79 Å². The lowest BCUT2D eigenvalue weighted by molar-refractivity contribution is -0.731. The molecule has 106 valence electrons. The van der Waals surface area contributed by atoms with Crippen LogP contribution in [0.15, 0.2) is 18.2 Å². The highest BCUT2D eigenvalue weighted by Crippen LogP contribution is 2.27. The third-order valence-electron chi connectivity index (χ3n) is 2.55. The minimum absolute atomic E-state index is 0.149. The van der Waals surface area contributed by atoms with Crippen LogP contribution in [0.4, 0.5) is 0 Å². The number of primary amides is 1. The van der Waals surface area contributed by atoms with Crippen molar-refractivity contribution < 1.29 is 19.6 Å². The van der Waals surface area contributed by atoms with Gasteiger partial charge in [-0.05, 0) is 39.0 Å². The minimum atomic E-state index is -0.507. The van der Waals surface area contributed by atoms with Gasteiger partial charge in [0.1, 0.15) is 6.54 Å². The van der Waals surface area contributed by atoms with Crippen LogP contribution in [-0.2, 0) is 11.3 Å². The van der Waals surface area contributed by atoms with Gasteiger partial charge in [0.05, 0.1) is 12.6 Å². The number of amides is 1. The molecule has 0 saturated heterocycles. The molecule has 0 heterocycles. The van der Waals surface area contributed by atoms with Crippen molar-refractivity contribution in [2.75, 3.05) is 13.7 Å². The molecule has 0 aliphatic rings. The molecular weight excluding hydrogens is 244 g/mol. The van der Waals surface area contributed by atoms with Crippen molar-refractivity contribution in [2.24, 2.45) is 5.73 Å². The molecule has 0 bridgehead atoms. The second-order valence-corrected chi connectivity index (χ2v) is 5.51. The number of hydrogen-bond donors (Lipinski definition) is 2. The highest BCUT2D eigenvalue weighted by Gasteiger charge is 2.14. The maximum absolute atomic E-state index is 10.7. The maximum Gasteiger partial charge on any atom is 0.255 e. The fourth-order valence-corrected chi connectivity index (χ4v) is 1.53. The minimum Gasteiger partial charge on any atom is -0.493 e. The lowest BCUT2D eigenvalue weighted by Crippen LogP contribution is -2.92. The van der Waals surface area contributed by atoms with E-state index in [0.717, 1.165) is 12.1 Å². The van der Waals surface area contributed by atoms with Crippen molar-refractivity contribution in [1.82, 2.24) is 0 Å². The lowest BCUT2D eigenvalue weighted by atomic mass is 10.1. The van der Waals surface area contributed by atoms with Crippen molar-refractivity contribution in [3.05, 3.63) is 23.8 Å². The molecule has 0 saturated carbocycles. The van der Waals surface area contributed by atoms with Crippen molar-refractivity contribution in [1.29, 1.82) is 0 Å². The smallest absolute Gasteiger partial charge is 0.255 e. The highest BCUT2D eigenvalue weighted by molar-refractivity contribution is 5.75. The van der Waals surface area contributed by atoms with E-state index in [-0.39, 0.29) is 12.1 Å². The first-order valence-electron chi connectivity index (χ1n) is 6.24. The van der Waals surface area contributed by atoms with Crippen LogP contribution in [-0.4, -0.2) is 25.2 Å². The maximum atomic E-state index is 10.7. The van der Waals surface area contributed by atoms with E-state index in [0.29, 0.717) is 11.5 Å². The summed E-state index contributed by atoms with van der Waals surface area (Å²) >= 11 is 0. The quantitative estimate of drug-likeness (QED) is 0.784. The molecule has 1 aromatic carbocycles. The van der Waals surface area contributed by atoms with Crippen LogP contribution in [0.2, 0.25) is 0 Å². The molecule has 0 fully saturated rings. The van der Waals surface area contributed by atoms with Crippen molar-refractivity contribution >= 4 is 5.91 Å². The molecule has 0 atom stereocenters. The zero-order chi connectivity index (χ0) is 14.5. The van der Waals surface area contributed by atoms with E-state index in [9.17, 15) is 4.79 Å². The van der Waals surface area contributed by atoms with E-state index in [1.165, 1.54) is 0 Å². The van der Waals surface area contributed by atoms with Gasteiger partial charge >= 0.3 is 0 Å². The second kappa shape index (κ2) is 6.43. The van der Waals surface area contributed by atoms with Gasteiger partial charge in [-0.15, -0.1) is 0 Å². The molecule has 0 unspecified atom stereocenters. The molecule has 0 aliphatic heterocycles. The van der Waals surface area contributed by atoms with E-state index in [4.69, 9.17) is 15.2 Å². The van der Waals surface area contributed by atoms with Gasteiger partial charge < -0.3 is 20.5 Å². The topological polar surface area (TPSA) is 78.2 Å². The standard InChI is InChI=1S/C14H22N2O3/c1-14(2,3)16-8-10-5-6-11(12(7-10)18-4)19-9-13(15)17/h5-7,16H,8-9H2,1-4H3,(H2,15,17)/p+1. The summed E-state index contributed by atoms with van der Waals surface area (Å²) in [5, 5.41) is 2.24. The SMILES string of the molecule is COc1cc(C[NH2+]C(C)(C)C)ccc1OCC(N)=O. The first kappa shape index (κ1) is 15.3. The van der Waals surface area contributed by atoms with Crippen LogP contribution in [0, 0.1) is 0 Å². The summed E-state index contributed by atoms with van der Waals surface area (Å²) < 4.78 is 10.5. The van der Waals surface area contributed by atoms with Crippen molar-refractivity contribution in [2.45, 2.75) is 32.9 Å². The van der Waals surface area contributed by atoms with Crippen LogP contribution in [0.3, 0.4) is 0 Å². The Morgan fingerprint density at radius 2 is 2.00 bits per heavy atom. The van der Waals surface area contributed by atoms with Gasteiger partial charge in [0.2, 0.25) is 0 Å². The van der Waals surface area contributed by atoms with Gasteiger partial charge in [-0.1, -0.05) is 0 Å². The molecule has 0 spiro atoms. The van der Waals surface area contributed by atoms with Gasteiger partial charge in [0.25, 0.3) is 5.91 Å².